The number of benzene rings is 6. The third-order valence-electron chi connectivity index (χ3n) is 17.7. The number of nitrogens with zero attached hydrogens (tertiary/aromatic N) is 1. The van der Waals surface area contributed by atoms with Crippen LogP contribution in [0.15, 0.2) is 146 Å². The van der Waals surface area contributed by atoms with Crippen LogP contribution in [-0.2, 0) is 16.2 Å². The molecule has 6 aromatic carbocycles. The van der Waals surface area contributed by atoms with E-state index in [1.165, 1.54) is 130 Å². The van der Waals surface area contributed by atoms with Gasteiger partial charge < -0.3 is 4.90 Å². The van der Waals surface area contributed by atoms with Gasteiger partial charge >= 0.3 is 0 Å². The molecule has 320 valence electrons. The second-order valence-electron chi connectivity index (χ2n) is 21.3. The Balaban J connectivity index is 0.769. The molecule has 0 N–H and O–H groups in total. The van der Waals surface area contributed by atoms with Gasteiger partial charge in [0.05, 0.1) is 0 Å². The Hall–Kier alpha value is -5.66. The number of hydrogen-bond acceptors (Lipinski definition) is 1. The van der Waals surface area contributed by atoms with Crippen LogP contribution in [0.4, 0.5) is 17.1 Å². The van der Waals surface area contributed by atoms with E-state index in [1.807, 2.05) is 0 Å². The normalized spacial score (nSPS) is 27.8. The highest BCUT2D eigenvalue weighted by molar-refractivity contribution is 5.80. The summed E-state index contributed by atoms with van der Waals surface area (Å²) < 4.78 is 0. The molecule has 0 aliphatic heterocycles. The highest BCUT2D eigenvalue weighted by Gasteiger charge is 2.47. The zero-order valence-corrected chi connectivity index (χ0v) is 37.6. The van der Waals surface area contributed by atoms with E-state index in [4.69, 9.17) is 0 Å². The summed E-state index contributed by atoms with van der Waals surface area (Å²) >= 11 is 0. The van der Waals surface area contributed by atoms with Crippen LogP contribution in [-0.4, -0.2) is 0 Å². The van der Waals surface area contributed by atoms with Crippen LogP contribution in [0.2, 0.25) is 0 Å². The Bertz CT molecular complexity index is 2350. The SMILES string of the molecule is C(=Cc1ccc(C23CCC(CC2)C3)cc1)c1ccc(N(c2ccc(C=Cc3ccc(C45CCC(CC4)C5)cc3)cc2)c2ccc(C=Cc3ccc(C45CCC(CC4)C5)cc3)cc2)cc1. The lowest BCUT2D eigenvalue weighted by molar-refractivity contribution is 0.419. The summed E-state index contributed by atoms with van der Waals surface area (Å²) in [6, 6.07) is 55.5. The first-order valence-corrected chi connectivity index (χ1v) is 24.9. The lowest BCUT2D eigenvalue weighted by Crippen LogP contribution is -2.19. The molecule has 0 amide bonds. The molecule has 1 nitrogen and oxygen atoms in total. The molecule has 6 saturated carbocycles. The van der Waals surface area contributed by atoms with Gasteiger partial charge in [0.2, 0.25) is 0 Å². The Labute approximate surface area is 382 Å². The Morgan fingerprint density at radius 2 is 0.484 bits per heavy atom. The fourth-order valence-electron chi connectivity index (χ4n) is 13.9. The van der Waals surface area contributed by atoms with Crippen LogP contribution >= 0.6 is 0 Å². The van der Waals surface area contributed by atoms with Gasteiger partial charge in [-0.2, -0.15) is 0 Å². The molecule has 0 spiro atoms. The van der Waals surface area contributed by atoms with Gasteiger partial charge in [-0.25, -0.2) is 0 Å². The maximum Gasteiger partial charge on any atom is 0.0462 e. The third-order valence-corrected chi connectivity index (χ3v) is 17.7. The molecule has 0 atom stereocenters. The van der Waals surface area contributed by atoms with Crippen molar-refractivity contribution in [3.8, 4) is 0 Å². The minimum Gasteiger partial charge on any atom is -0.311 e. The molecule has 6 aromatic rings. The summed E-state index contributed by atoms with van der Waals surface area (Å²) in [5, 5.41) is 0. The maximum atomic E-state index is 2.41. The molecule has 0 radical (unpaired) electrons. The van der Waals surface area contributed by atoms with Crippen molar-refractivity contribution >= 4 is 53.5 Å². The van der Waals surface area contributed by atoms with E-state index >= 15 is 0 Å². The molecule has 6 aliphatic carbocycles. The molecule has 1 heteroatoms. The summed E-state index contributed by atoms with van der Waals surface area (Å²) in [6.45, 7) is 0. The van der Waals surface area contributed by atoms with Crippen LogP contribution in [0.3, 0.4) is 0 Å². The Kier molecular flexibility index (Phi) is 10.2. The smallest absolute Gasteiger partial charge is 0.0462 e. The molecule has 6 bridgehead atoms. The van der Waals surface area contributed by atoms with Crippen LogP contribution in [0, 0.1) is 17.8 Å². The fourth-order valence-corrected chi connectivity index (χ4v) is 13.9. The van der Waals surface area contributed by atoms with E-state index in [1.54, 1.807) is 16.7 Å². The van der Waals surface area contributed by atoms with Crippen molar-refractivity contribution in [1.82, 2.24) is 0 Å². The molecule has 0 aromatic heterocycles. The van der Waals surface area contributed by atoms with Crippen LogP contribution in [0.5, 0.6) is 0 Å². The van der Waals surface area contributed by atoms with Crippen molar-refractivity contribution in [1.29, 1.82) is 0 Å². The molecule has 12 rings (SSSR count). The molecule has 0 heterocycles. The summed E-state index contributed by atoms with van der Waals surface area (Å²) in [7, 11) is 0. The Morgan fingerprint density at radius 3 is 0.672 bits per heavy atom. The van der Waals surface area contributed by atoms with E-state index < -0.39 is 0 Å². The highest BCUT2D eigenvalue weighted by atomic mass is 15.1. The second-order valence-corrected chi connectivity index (χ2v) is 21.3. The van der Waals surface area contributed by atoms with Crippen molar-refractivity contribution in [2.24, 2.45) is 17.8 Å². The van der Waals surface area contributed by atoms with Gasteiger partial charge in [0.15, 0.2) is 0 Å². The standard InChI is InChI=1S/C63H63N/c1(46-7-19-55(20-8-46)61-37-31-52(43-61)32-38-61)4-49-13-25-58(26-14-49)64(59-27-15-50(16-28-59)5-2-47-9-21-56(22-10-47)62-39-33-53(44-62)34-40-62)60-29-17-51(18-30-60)6-3-48-11-23-57(24-12-48)63-41-35-54(45-63)36-42-63/h1-30,52-54H,31-45H2. The van der Waals surface area contributed by atoms with E-state index in [2.05, 4.69) is 187 Å². The third kappa shape index (κ3) is 7.63. The Morgan fingerprint density at radius 1 is 0.281 bits per heavy atom. The van der Waals surface area contributed by atoms with Gasteiger partial charge in [0.1, 0.15) is 0 Å². The predicted octanol–water partition coefficient (Wildman–Crippen LogP) is 17.2. The van der Waals surface area contributed by atoms with E-state index in [9.17, 15) is 0 Å². The van der Waals surface area contributed by atoms with Gasteiger partial charge in [-0.05, 0) is 217 Å². The molecule has 6 fully saturated rings. The molecule has 64 heavy (non-hydrogen) atoms. The van der Waals surface area contributed by atoms with Crippen LogP contribution < -0.4 is 4.90 Å². The zero-order valence-electron chi connectivity index (χ0n) is 37.6. The maximum absolute atomic E-state index is 2.41. The van der Waals surface area contributed by atoms with Gasteiger partial charge in [0, 0.05) is 17.1 Å². The monoisotopic (exact) mass is 833 g/mol. The van der Waals surface area contributed by atoms with E-state index in [-0.39, 0.29) is 0 Å². The molecular weight excluding hydrogens is 771 g/mol. The van der Waals surface area contributed by atoms with Crippen LogP contribution in [0.25, 0.3) is 36.5 Å². The topological polar surface area (TPSA) is 3.24 Å². The summed E-state index contributed by atoms with van der Waals surface area (Å²) in [4.78, 5) is 2.38. The van der Waals surface area contributed by atoms with Crippen molar-refractivity contribution in [3.63, 3.8) is 0 Å². The lowest BCUT2D eigenvalue weighted by Gasteiger charge is -2.27. The van der Waals surface area contributed by atoms with Crippen LogP contribution in [0.1, 0.15) is 146 Å². The average molecular weight is 834 g/mol. The van der Waals surface area contributed by atoms with Gasteiger partial charge in [-0.3, -0.25) is 0 Å². The van der Waals surface area contributed by atoms with Gasteiger partial charge in [-0.15, -0.1) is 0 Å². The van der Waals surface area contributed by atoms with Crippen molar-refractivity contribution in [2.75, 3.05) is 4.90 Å². The molecule has 0 unspecified atom stereocenters. The highest BCUT2D eigenvalue weighted by Crippen LogP contribution is 2.57. The summed E-state index contributed by atoms with van der Waals surface area (Å²) in [5.74, 6) is 2.90. The van der Waals surface area contributed by atoms with E-state index in [0.717, 1.165) is 34.8 Å². The largest absolute Gasteiger partial charge is 0.311 e. The predicted molar refractivity (Wildman–Crippen MR) is 272 cm³/mol. The first-order chi connectivity index (χ1) is 31.5. The number of hydrogen-bond donors (Lipinski definition) is 0. The number of anilines is 3. The average Bonchev–Trinajstić information content (AvgIpc) is 4.25. The summed E-state index contributed by atoms with van der Waals surface area (Å²) in [5.41, 5.74) is 16.9. The van der Waals surface area contributed by atoms with Crippen molar-refractivity contribution < 1.29 is 0 Å². The number of fused-ring (bicyclic) bond motifs is 6. The second kappa shape index (κ2) is 16.4. The van der Waals surface area contributed by atoms with Crippen molar-refractivity contribution in [2.45, 2.75) is 113 Å². The molecule has 6 aliphatic rings. The zero-order chi connectivity index (χ0) is 42.6. The first-order valence-electron chi connectivity index (χ1n) is 24.9. The molecule has 0 saturated heterocycles. The van der Waals surface area contributed by atoms with Crippen molar-refractivity contribution in [3.05, 3.63) is 196 Å². The minimum absolute atomic E-state index is 0.462. The quantitative estimate of drug-likeness (QED) is 0.111. The van der Waals surface area contributed by atoms with E-state index in [0.29, 0.717) is 16.2 Å². The van der Waals surface area contributed by atoms with Gasteiger partial charge in [0.25, 0.3) is 0 Å². The minimum atomic E-state index is 0.462. The fraction of sp³-hybridized carbons (Fsp3) is 0.333. The summed E-state index contributed by atoms with van der Waals surface area (Å²) in [6.07, 6.45) is 34.6. The number of rotatable bonds is 12. The lowest BCUT2D eigenvalue weighted by atomic mass is 9.77. The van der Waals surface area contributed by atoms with Gasteiger partial charge in [-0.1, -0.05) is 146 Å². The first kappa shape index (κ1) is 39.9. The molecular formula is C63H63N.